The van der Waals surface area contributed by atoms with E-state index in [1.165, 1.54) is 10.5 Å². The van der Waals surface area contributed by atoms with Crippen molar-refractivity contribution in [3.8, 4) is 0 Å². The minimum absolute atomic E-state index is 0.0147. The van der Waals surface area contributed by atoms with Gasteiger partial charge in [0.05, 0.1) is 17.0 Å². The molecule has 2 N–H and O–H groups in total. The molecule has 146 valence electrons. The Balaban J connectivity index is 1.31. The van der Waals surface area contributed by atoms with Gasteiger partial charge in [-0.25, -0.2) is 4.98 Å². The van der Waals surface area contributed by atoms with Gasteiger partial charge in [-0.05, 0) is 55.3 Å². The average Bonchev–Trinajstić information content (AvgIpc) is 3.19. The molecule has 0 radical (unpaired) electrons. The molecule has 0 spiro atoms. The van der Waals surface area contributed by atoms with Crippen LogP contribution in [-0.4, -0.2) is 41.8 Å². The van der Waals surface area contributed by atoms with Crippen molar-refractivity contribution in [3.63, 3.8) is 0 Å². The first-order chi connectivity index (χ1) is 13.7. The third-order valence-corrected chi connectivity index (χ3v) is 6.08. The van der Waals surface area contributed by atoms with Crippen molar-refractivity contribution < 1.29 is 4.79 Å². The topological polar surface area (TPSA) is 61.0 Å². The summed E-state index contributed by atoms with van der Waals surface area (Å²) in [4.78, 5) is 24.2. The lowest BCUT2D eigenvalue weighted by Crippen LogP contribution is -2.43. The van der Waals surface area contributed by atoms with Crippen molar-refractivity contribution in [2.45, 2.75) is 24.2 Å². The summed E-state index contributed by atoms with van der Waals surface area (Å²) in [6.07, 6.45) is 4.88. The predicted molar refractivity (Wildman–Crippen MR) is 116 cm³/mol. The first kappa shape index (κ1) is 18.9. The molecule has 4 rings (SSSR count). The number of para-hydroxylation sites is 2. The van der Waals surface area contributed by atoms with Crippen LogP contribution in [0.1, 0.15) is 18.4 Å². The van der Waals surface area contributed by atoms with Gasteiger partial charge in [-0.1, -0.05) is 24.3 Å². The molecule has 1 fully saturated rings. The van der Waals surface area contributed by atoms with E-state index in [0.29, 0.717) is 13.1 Å². The van der Waals surface area contributed by atoms with Crippen molar-refractivity contribution in [2.75, 3.05) is 30.8 Å². The van der Waals surface area contributed by atoms with Crippen molar-refractivity contribution in [3.05, 3.63) is 54.1 Å². The summed E-state index contributed by atoms with van der Waals surface area (Å²) < 4.78 is 0. The molecule has 2 aromatic carbocycles. The number of piperidine rings is 1. The van der Waals surface area contributed by atoms with E-state index in [4.69, 9.17) is 0 Å². The standard InChI is InChI=1S/C22H26N4OS/c1-28-18-10-8-16(9-11-18)12-13-23-21(27)17-5-4-14-26(15-17)22-24-19-6-2-3-7-20(19)25-22/h2-3,6-11,17H,4-5,12-15H2,1H3,(H,23,27)(H,24,25)/t17-/m1/s1. The lowest BCUT2D eigenvalue weighted by Gasteiger charge is -2.31. The van der Waals surface area contributed by atoms with Gasteiger partial charge < -0.3 is 15.2 Å². The molecular weight excluding hydrogens is 368 g/mol. The largest absolute Gasteiger partial charge is 0.355 e. The fourth-order valence-corrected chi connectivity index (χ4v) is 4.15. The number of hydrogen-bond donors (Lipinski definition) is 2. The highest BCUT2D eigenvalue weighted by atomic mass is 32.2. The number of carbonyl (C=O) groups is 1. The van der Waals surface area contributed by atoms with Crippen LogP contribution in [0.25, 0.3) is 11.0 Å². The maximum atomic E-state index is 12.7. The molecule has 0 aliphatic carbocycles. The van der Waals surface area contributed by atoms with E-state index in [0.717, 1.165) is 42.8 Å². The molecule has 0 bridgehead atoms. The van der Waals surface area contributed by atoms with Gasteiger partial charge in [0.1, 0.15) is 0 Å². The second-order valence-electron chi connectivity index (χ2n) is 7.25. The van der Waals surface area contributed by atoms with E-state index in [2.05, 4.69) is 50.7 Å². The summed E-state index contributed by atoms with van der Waals surface area (Å²) in [6.45, 7) is 2.33. The van der Waals surface area contributed by atoms with E-state index in [9.17, 15) is 4.79 Å². The first-order valence-electron chi connectivity index (χ1n) is 9.83. The number of rotatable bonds is 6. The van der Waals surface area contributed by atoms with Crippen LogP contribution in [0.15, 0.2) is 53.4 Å². The van der Waals surface area contributed by atoms with E-state index >= 15 is 0 Å². The smallest absolute Gasteiger partial charge is 0.224 e. The average molecular weight is 395 g/mol. The molecule has 1 atom stereocenters. The number of benzene rings is 2. The van der Waals surface area contributed by atoms with Crippen LogP contribution in [0, 0.1) is 5.92 Å². The minimum Gasteiger partial charge on any atom is -0.355 e. The van der Waals surface area contributed by atoms with Crippen molar-refractivity contribution >= 4 is 34.7 Å². The maximum Gasteiger partial charge on any atom is 0.224 e. The zero-order chi connectivity index (χ0) is 19.3. The molecule has 1 saturated heterocycles. The second kappa shape index (κ2) is 8.69. The number of imidazole rings is 1. The van der Waals surface area contributed by atoms with Crippen LogP contribution in [-0.2, 0) is 11.2 Å². The highest BCUT2D eigenvalue weighted by Gasteiger charge is 2.27. The summed E-state index contributed by atoms with van der Waals surface area (Å²) in [5, 5.41) is 3.13. The molecule has 1 aromatic heterocycles. The first-order valence-corrected chi connectivity index (χ1v) is 11.1. The Hall–Kier alpha value is -2.47. The highest BCUT2D eigenvalue weighted by Crippen LogP contribution is 2.23. The zero-order valence-electron chi connectivity index (χ0n) is 16.1. The van der Waals surface area contributed by atoms with Crippen LogP contribution >= 0.6 is 11.8 Å². The number of aromatic nitrogens is 2. The van der Waals surface area contributed by atoms with Crippen molar-refractivity contribution in [1.82, 2.24) is 15.3 Å². The van der Waals surface area contributed by atoms with Gasteiger partial charge in [-0.3, -0.25) is 4.79 Å². The van der Waals surface area contributed by atoms with Crippen molar-refractivity contribution in [2.24, 2.45) is 5.92 Å². The fourth-order valence-electron chi connectivity index (χ4n) is 3.74. The Morgan fingerprint density at radius 3 is 2.86 bits per heavy atom. The summed E-state index contributed by atoms with van der Waals surface area (Å²) in [5.74, 6) is 1.04. The van der Waals surface area contributed by atoms with Gasteiger partial charge in [-0.2, -0.15) is 0 Å². The number of carbonyl (C=O) groups excluding carboxylic acids is 1. The molecule has 1 aliphatic heterocycles. The number of nitrogens with one attached hydrogen (secondary N) is 2. The monoisotopic (exact) mass is 394 g/mol. The minimum atomic E-state index is 0.0147. The lowest BCUT2D eigenvalue weighted by atomic mass is 9.97. The molecule has 1 amide bonds. The Morgan fingerprint density at radius 2 is 2.07 bits per heavy atom. The van der Waals surface area contributed by atoms with Crippen LogP contribution in [0.4, 0.5) is 5.95 Å². The second-order valence-corrected chi connectivity index (χ2v) is 8.13. The summed E-state index contributed by atoms with van der Waals surface area (Å²) in [7, 11) is 0. The Labute approximate surface area is 169 Å². The number of H-pyrrole nitrogens is 1. The number of hydrogen-bond acceptors (Lipinski definition) is 4. The van der Waals surface area contributed by atoms with Crippen molar-refractivity contribution in [1.29, 1.82) is 0 Å². The Kier molecular flexibility index (Phi) is 5.86. The van der Waals surface area contributed by atoms with E-state index in [1.807, 2.05) is 24.3 Å². The molecular formula is C22H26N4OS. The molecule has 28 heavy (non-hydrogen) atoms. The quantitative estimate of drug-likeness (QED) is 0.623. The molecule has 1 aliphatic rings. The number of aromatic amines is 1. The number of nitrogens with zero attached hydrogens (tertiary/aromatic N) is 2. The Bertz CT molecular complexity index is 904. The SMILES string of the molecule is CSc1ccc(CCNC(=O)[C@@H]2CCCN(c3nc4ccccc4[nH]3)C2)cc1. The van der Waals surface area contributed by atoms with Crippen LogP contribution in [0.3, 0.4) is 0 Å². The fraction of sp³-hybridized carbons (Fsp3) is 0.364. The van der Waals surface area contributed by atoms with Gasteiger partial charge in [0.2, 0.25) is 11.9 Å². The van der Waals surface area contributed by atoms with E-state index in [-0.39, 0.29) is 11.8 Å². The molecule has 0 saturated carbocycles. The lowest BCUT2D eigenvalue weighted by molar-refractivity contribution is -0.125. The molecule has 2 heterocycles. The molecule has 6 heteroatoms. The van der Waals surface area contributed by atoms with Crippen LogP contribution in [0.5, 0.6) is 0 Å². The van der Waals surface area contributed by atoms with Gasteiger partial charge >= 0.3 is 0 Å². The van der Waals surface area contributed by atoms with Gasteiger partial charge in [0.25, 0.3) is 0 Å². The van der Waals surface area contributed by atoms with Crippen LogP contribution in [0.2, 0.25) is 0 Å². The van der Waals surface area contributed by atoms with Gasteiger partial charge in [0, 0.05) is 24.5 Å². The third-order valence-electron chi connectivity index (χ3n) is 5.34. The number of amides is 1. The summed E-state index contributed by atoms with van der Waals surface area (Å²) in [6, 6.07) is 16.6. The molecule has 0 unspecified atom stereocenters. The highest BCUT2D eigenvalue weighted by molar-refractivity contribution is 7.98. The molecule has 5 nitrogen and oxygen atoms in total. The van der Waals surface area contributed by atoms with E-state index < -0.39 is 0 Å². The number of thioether (sulfide) groups is 1. The molecule has 3 aromatic rings. The summed E-state index contributed by atoms with van der Waals surface area (Å²) >= 11 is 1.74. The van der Waals surface area contributed by atoms with Gasteiger partial charge in [0.15, 0.2) is 0 Å². The summed E-state index contributed by atoms with van der Waals surface area (Å²) in [5.41, 5.74) is 3.26. The van der Waals surface area contributed by atoms with Gasteiger partial charge in [-0.15, -0.1) is 11.8 Å². The zero-order valence-corrected chi connectivity index (χ0v) is 17.0. The third kappa shape index (κ3) is 4.33. The van der Waals surface area contributed by atoms with E-state index in [1.54, 1.807) is 11.8 Å². The maximum absolute atomic E-state index is 12.7. The Morgan fingerprint density at radius 1 is 1.25 bits per heavy atom. The number of anilines is 1. The predicted octanol–water partition coefficient (Wildman–Crippen LogP) is 3.86. The van der Waals surface area contributed by atoms with Crippen LogP contribution < -0.4 is 10.2 Å². The normalized spacial score (nSPS) is 17.0. The number of fused-ring (bicyclic) bond motifs is 1.